The lowest BCUT2D eigenvalue weighted by Gasteiger charge is -2.38. The van der Waals surface area contributed by atoms with Gasteiger partial charge in [0.15, 0.2) is 0 Å². The quantitative estimate of drug-likeness (QED) is 0.860. The van der Waals surface area contributed by atoms with Gasteiger partial charge in [0, 0.05) is 49.8 Å². The first kappa shape index (κ1) is 15.3. The maximum atomic E-state index is 12.3. The summed E-state index contributed by atoms with van der Waals surface area (Å²) in [4.78, 5) is 25.8. The molecule has 0 atom stereocenters. The van der Waals surface area contributed by atoms with Crippen molar-refractivity contribution in [3.05, 3.63) is 17.6 Å². The molecule has 2 fully saturated rings. The highest BCUT2D eigenvalue weighted by Crippen LogP contribution is 2.29. The predicted octanol–water partition coefficient (Wildman–Crippen LogP) is 2.36. The monoisotopic (exact) mass is 302 g/mol. The number of anilines is 1. The zero-order valence-corrected chi connectivity index (χ0v) is 13.9. The molecule has 0 spiro atoms. The molecule has 0 N–H and O–H groups in total. The standard InChI is InChI=1S/C17H26N4O/c1-12(2)16-18-13(3)11-15(19-16)20-7-9-21(10-8-20)17(22)14-5-4-6-14/h11-12,14H,4-10H2,1-3H3. The Kier molecular flexibility index (Phi) is 4.32. The molecular formula is C17H26N4O. The zero-order valence-electron chi connectivity index (χ0n) is 13.9. The summed E-state index contributed by atoms with van der Waals surface area (Å²) < 4.78 is 0. The van der Waals surface area contributed by atoms with Crippen LogP contribution in [-0.4, -0.2) is 47.0 Å². The summed E-state index contributed by atoms with van der Waals surface area (Å²) in [5.41, 5.74) is 1.02. The molecule has 5 nitrogen and oxygen atoms in total. The van der Waals surface area contributed by atoms with E-state index in [0.717, 1.165) is 56.4 Å². The number of rotatable bonds is 3. The van der Waals surface area contributed by atoms with Crippen molar-refractivity contribution in [2.75, 3.05) is 31.1 Å². The van der Waals surface area contributed by atoms with Crippen molar-refractivity contribution < 1.29 is 4.79 Å². The molecule has 1 aromatic rings. The number of carbonyl (C=O) groups is 1. The first-order valence-corrected chi connectivity index (χ1v) is 8.44. The van der Waals surface area contributed by atoms with Crippen molar-refractivity contribution in [1.29, 1.82) is 0 Å². The molecule has 2 heterocycles. The van der Waals surface area contributed by atoms with Crippen LogP contribution in [0.5, 0.6) is 0 Å². The Hall–Kier alpha value is -1.65. The smallest absolute Gasteiger partial charge is 0.225 e. The van der Waals surface area contributed by atoms with E-state index in [9.17, 15) is 4.79 Å². The molecule has 0 bridgehead atoms. The highest BCUT2D eigenvalue weighted by molar-refractivity contribution is 5.79. The molecular weight excluding hydrogens is 276 g/mol. The van der Waals surface area contributed by atoms with Gasteiger partial charge in [-0.15, -0.1) is 0 Å². The minimum atomic E-state index is 0.306. The van der Waals surface area contributed by atoms with Crippen LogP contribution in [0.3, 0.4) is 0 Å². The Morgan fingerprint density at radius 3 is 2.41 bits per heavy atom. The Morgan fingerprint density at radius 1 is 1.18 bits per heavy atom. The zero-order chi connectivity index (χ0) is 15.7. The van der Waals surface area contributed by atoms with Crippen molar-refractivity contribution in [3.8, 4) is 0 Å². The summed E-state index contributed by atoms with van der Waals surface area (Å²) in [5.74, 6) is 2.92. The lowest BCUT2D eigenvalue weighted by atomic mass is 9.84. The molecule has 120 valence electrons. The van der Waals surface area contributed by atoms with Gasteiger partial charge in [0.1, 0.15) is 11.6 Å². The summed E-state index contributed by atoms with van der Waals surface area (Å²) in [5, 5.41) is 0. The molecule has 1 saturated heterocycles. The Bertz CT molecular complexity index is 546. The van der Waals surface area contributed by atoms with E-state index >= 15 is 0 Å². The number of hydrogen-bond donors (Lipinski definition) is 0. The maximum Gasteiger partial charge on any atom is 0.225 e. The van der Waals surface area contributed by atoms with Crippen molar-refractivity contribution in [3.63, 3.8) is 0 Å². The predicted molar refractivity (Wildman–Crippen MR) is 87.0 cm³/mol. The lowest BCUT2D eigenvalue weighted by Crippen LogP contribution is -2.51. The average Bonchev–Trinajstić information content (AvgIpc) is 2.45. The van der Waals surface area contributed by atoms with E-state index in [0.29, 0.717) is 17.7 Å². The van der Waals surface area contributed by atoms with Crippen molar-refractivity contribution in [2.24, 2.45) is 5.92 Å². The van der Waals surface area contributed by atoms with Crippen LogP contribution in [0.15, 0.2) is 6.07 Å². The molecule has 0 radical (unpaired) electrons. The third-order valence-corrected chi connectivity index (χ3v) is 4.74. The largest absolute Gasteiger partial charge is 0.353 e. The minimum Gasteiger partial charge on any atom is -0.353 e. The number of nitrogens with zero attached hydrogens (tertiary/aromatic N) is 4. The van der Waals surface area contributed by atoms with Crippen LogP contribution >= 0.6 is 0 Å². The highest BCUT2D eigenvalue weighted by atomic mass is 16.2. The van der Waals surface area contributed by atoms with E-state index in [4.69, 9.17) is 4.98 Å². The van der Waals surface area contributed by atoms with Gasteiger partial charge in [-0.3, -0.25) is 4.79 Å². The molecule has 0 unspecified atom stereocenters. The first-order valence-electron chi connectivity index (χ1n) is 8.44. The third-order valence-electron chi connectivity index (χ3n) is 4.74. The van der Waals surface area contributed by atoms with Gasteiger partial charge in [-0.1, -0.05) is 20.3 Å². The lowest BCUT2D eigenvalue weighted by molar-refractivity contribution is -0.138. The molecule has 0 aromatic carbocycles. The average molecular weight is 302 g/mol. The second-order valence-corrected chi connectivity index (χ2v) is 6.82. The molecule has 1 saturated carbocycles. The van der Waals surface area contributed by atoms with E-state index in [1.54, 1.807) is 0 Å². The Balaban J connectivity index is 1.64. The van der Waals surface area contributed by atoms with E-state index < -0.39 is 0 Å². The molecule has 3 rings (SSSR count). The van der Waals surface area contributed by atoms with Crippen LogP contribution in [0.25, 0.3) is 0 Å². The first-order chi connectivity index (χ1) is 10.5. The molecule has 1 aliphatic carbocycles. The number of piperazine rings is 1. The summed E-state index contributed by atoms with van der Waals surface area (Å²) in [7, 11) is 0. The molecule has 2 aliphatic rings. The van der Waals surface area contributed by atoms with Crippen molar-refractivity contribution >= 4 is 11.7 Å². The van der Waals surface area contributed by atoms with Crippen LogP contribution in [0.1, 0.15) is 50.5 Å². The summed E-state index contributed by atoms with van der Waals surface area (Å²) in [6.07, 6.45) is 3.39. The van der Waals surface area contributed by atoms with Crippen LogP contribution in [0, 0.1) is 12.8 Å². The Labute approximate surface area is 132 Å². The fourth-order valence-corrected chi connectivity index (χ4v) is 3.06. The van der Waals surface area contributed by atoms with E-state index in [1.165, 1.54) is 6.42 Å². The number of amides is 1. The van der Waals surface area contributed by atoms with E-state index in [2.05, 4.69) is 29.8 Å². The summed E-state index contributed by atoms with van der Waals surface area (Å²) in [6, 6.07) is 2.05. The number of aromatic nitrogens is 2. The highest BCUT2D eigenvalue weighted by Gasteiger charge is 2.31. The van der Waals surface area contributed by atoms with Gasteiger partial charge in [0.25, 0.3) is 0 Å². The van der Waals surface area contributed by atoms with E-state index in [-0.39, 0.29) is 0 Å². The maximum absolute atomic E-state index is 12.3. The second kappa shape index (κ2) is 6.23. The van der Waals surface area contributed by atoms with Gasteiger partial charge < -0.3 is 9.80 Å². The van der Waals surface area contributed by atoms with Gasteiger partial charge in [-0.2, -0.15) is 0 Å². The molecule has 22 heavy (non-hydrogen) atoms. The number of carbonyl (C=O) groups excluding carboxylic acids is 1. The fraction of sp³-hybridized carbons (Fsp3) is 0.706. The van der Waals surface area contributed by atoms with Gasteiger partial charge >= 0.3 is 0 Å². The van der Waals surface area contributed by atoms with Crippen LogP contribution in [0.2, 0.25) is 0 Å². The molecule has 1 aromatic heterocycles. The normalized spacial score (nSPS) is 19.5. The number of hydrogen-bond acceptors (Lipinski definition) is 4. The van der Waals surface area contributed by atoms with E-state index in [1.807, 2.05) is 11.8 Å². The summed E-state index contributed by atoms with van der Waals surface area (Å²) in [6.45, 7) is 9.62. The van der Waals surface area contributed by atoms with Crippen LogP contribution in [-0.2, 0) is 4.79 Å². The van der Waals surface area contributed by atoms with Gasteiger partial charge in [0.05, 0.1) is 0 Å². The van der Waals surface area contributed by atoms with Gasteiger partial charge in [0.2, 0.25) is 5.91 Å². The molecule has 1 amide bonds. The van der Waals surface area contributed by atoms with Gasteiger partial charge in [-0.25, -0.2) is 9.97 Å². The van der Waals surface area contributed by atoms with Crippen LogP contribution < -0.4 is 4.90 Å². The van der Waals surface area contributed by atoms with Crippen LogP contribution in [0.4, 0.5) is 5.82 Å². The molecule has 1 aliphatic heterocycles. The van der Waals surface area contributed by atoms with Crippen molar-refractivity contribution in [1.82, 2.24) is 14.9 Å². The second-order valence-electron chi connectivity index (χ2n) is 6.82. The molecule has 5 heteroatoms. The van der Waals surface area contributed by atoms with Gasteiger partial charge in [-0.05, 0) is 19.8 Å². The third kappa shape index (κ3) is 3.08. The SMILES string of the molecule is Cc1cc(N2CCN(C(=O)C3CCC3)CC2)nc(C(C)C)n1. The van der Waals surface area contributed by atoms with Crippen molar-refractivity contribution in [2.45, 2.75) is 46.0 Å². The number of aryl methyl sites for hydroxylation is 1. The summed E-state index contributed by atoms with van der Waals surface area (Å²) >= 11 is 0. The Morgan fingerprint density at radius 2 is 1.86 bits per heavy atom. The topological polar surface area (TPSA) is 49.3 Å². The minimum absolute atomic E-state index is 0.306. The fourth-order valence-electron chi connectivity index (χ4n) is 3.06.